The first-order valence-electron chi connectivity index (χ1n) is 15.9. The molecule has 3 N–H and O–H groups in total. The van der Waals surface area contributed by atoms with Crippen LogP contribution in [0.15, 0.2) is 54.6 Å². The Morgan fingerprint density at radius 1 is 0.660 bits per heavy atom. The third kappa shape index (κ3) is 5.89. The molecule has 0 bridgehead atoms. The smallest absolute Gasteiger partial charge is 0.182 e. The van der Waals surface area contributed by atoms with Crippen molar-refractivity contribution in [1.82, 2.24) is 0 Å². The van der Waals surface area contributed by atoms with Gasteiger partial charge in [-0.15, -0.1) is 0 Å². The molecule has 264 valence electrons. The fraction of sp³-hybridized carbons (Fsp3) is 0.342. The van der Waals surface area contributed by atoms with E-state index in [-0.39, 0.29) is 41.6 Å². The molecule has 0 radical (unpaired) electrons. The summed E-state index contributed by atoms with van der Waals surface area (Å²) in [6.07, 6.45) is -2.78. The van der Waals surface area contributed by atoms with Crippen LogP contribution in [0.1, 0.15) is 61.9 Å². The molecule has 50 heavy (non-hydrogen) atoms. The van der Waals surface area contributed by atoms with Crippen LogP contribution in [-0.2, 0) is 19.6 Å². The van der Waals surface area contributed by atoms with Gasteiger partial charge >= 0.3 is 0 Å². The highest BCUT2D eigenvalue weighted by atomic mass is 16.5. The van der Waals surface area contributed by atoms with Crippen molar-refractivity contribution in [1.29, 1.82) is 0 Å². The molecule has 4 atom stereocenters. The second-order valence-electron chi connectivity index (χ2n) is 11.9. The van der Waals surface area contributed by atoms with E-state index in [0.29, 0.717) is 62.1 Å². The molecule has 12 nitrogen and oxygen atoms in total. The number of benzene rings is 4. The Labute approximate surface area is 289 Å². The van der Waals surface area contributed by atoms with Gasteiger partial charge in [0.05, 0.1) is 67.9 Å². The highest BCUT2D eigenvalue weighted by Crippen LogP contribution is 2.54. The van der Waals surface area contributed by atoms with Crippen LogP contribution in [0, 0.1) is 0 Å². The first kappa shape index (κ1) is 34.7. The van der Waals surface area contributed by atoms with Crippen molar-refractivity contribution < 1.29 is 58.0 Å². The number of methoxy groups -OCH3 is 6. The summed E-state index contributed by atoms with van der Waals surface area (Å²) in [5, 5.41) is 32.3. The maximum atomic E-state index is 15.0. The fourth-order valence-electron chi connectivity index (χ4n) is 6.87. The summed E-state index contributed by atoms with van der Waals surface area (Å²) in [5.41, 5.74) is 3.09. The molecule has 6 rings (SSSR count). The van der Waals surface area contributed by atoms with Gasteiger partial charge in [0, 0.05) is 17.5 Å². The van der Waals surface area contributed by atoms with Gasteiger partial charge in [-0.1, -0.05) is 12.1 Å². The zero-order valence-electron chi connectivity index (χ0n) is 28.6. The summed E-state index contributed by atoms with van der Waals surface area (Å²) < 4.78 is 46.8. The molecular weight excluding hydrogens is 648 g/mol. The van der Waals surface area contributed by atoms with Crippen molar-refractivity contribution in [2.75, 3.05) is 42.7 Å². The monoisotopic (exact) mass is 688 g/mol. The molecule has 0 saturated carbocycles. The van der Waals surface area contributed by atoms with Crippen LogP contribution in [0.3, 0.4) is 0 Å². The molecular formula is C38H40O12. The molecule has 4 aromatic carbocycles. The standard InChI is InChI=1S/C38H40O12/c1-43-25-9-7-20(13-28(25)46-4)36-24(41)16-23-27(45-3)15-22(18-40)32(38(23)50-36)34-35(42)33-30(48-6)11-19(17-39)12-31(33)49-37(34)21-8-10-26(44-2)29(14-21)47-5/h7-15,24,34,36-37,39-41H,16-18H2,1-6H3/t24-,34+,36+,37+/m0/s1. The average Bonchev–Trinajstić information content (AvgIpc) is 3.15. The highest BCUT2D eigenvalue weighted by Gasteiger charge is 2.46. The van der Waals surface area contributed by atoms with Crippen LogP contribution in [0.2, 0.25) is 0 Å². The summed E-state index contributed by atoms with van der Waals surface area (Å²) in [6.45, 7) is -0.776. The molecule has 0 unspecified atom stereocenters. The first-order valence-corrected chi connectivity index (χ1v) is 15.9. The molecule has 4 aromatic rings. The summed E-state index contributed by atoms with van der Waals surface area (Å²) >= 11 is 0. The normalized spacial score (nSPS) is 19.3. The topological polar surface area (TPSA) is 152 Å². The van der Waals surface area contributed by atoms with E-state index in [1.165, 1.54) is 42.7 Å². The van der Waals surface area contributed by atoms with Gasteiger partial charge in [0.2, 0.25) is 0 Å². The fourth-order valence-corrected chi connectivity index (χ4v) is 6.87. The Balaban J connectivity index is 1.61. The van der Waals surface area contributed by atoms with Crippen LogP contribution in [0.5, 0.6) is 46.0 Å². The lowest BCUT2D eigenvalue weighted by Crippen LogP contribution is -2.35. The van der Waals surface area contributed by atoms with Gasteiger partial charge in [0.25, 0.3) is 0 Å². The number of hydrogen-bond donors (Lipinski definition) is 3. The van der Waals surface area contributed by atoms with Crippen molar-refractivity contribution in [3.8, 4) is 46.0 Å². The molecule has 12 heteroatoms. The average molecular weight is 689 g/mol. The Morgan fingerprint density at radius 3 is 1.78 bits per heavy atom. The Kier molecular flexibility index (Phi) is 9.96. The number of hydrogen-bond acceptors (Lipinski definition) is 12. The van der Waals surface area contributed by atoms with Gasteiger partial charge in [0.15, 0.2) is 28.8 Å². The maximum absolute atomic E-state index is 15.0. The molecule has 2 aliphatic heterocycles. The van der Waals surface area contributed by atoms with Crippen LogP contribution in [0.25, 0.3) is 0 Å². The molecule has 2 aliphatic rings. The van der Waals surface area contributed by atoms with Gasteiger partial charge in [-0.2, -0.15) is 0 Å². The van der Waals surface area contributed by atoms with E-state index >= 15 is 4.79 Å². The van der Waals surface area contributed by atoms with Crippen molar-refractivity contribution >= 4 is 5.78 Å². The molecule has 0 fully saturated rings. The molecule has 0 amide bonds. The molecule has 0 saturated heterocycles. The molecule has 0 aromatic heterocycles. The lowest BCUT2D eigenvalue weighted by Gasteiger charge is -2.39. The number of fused-ring (bicyclic) bond motifs is 2. The van der Waals surface area contributed by atoms with Crippen LogP contribution >= 0.6 is 0 Å². The minimum Gasteiger partial charge on any atom is -0.496 e. The number of carbonyl (C=O) groups excluding carboxylic acids is 1. The molecule has 0 aliphatic carbocycles. The summed E-state index contributed by atoms with van der Waals surface area (Å²) in [7, 11) is 9.01. The lowest BCUT2D eigenvalue weighted by atomic mass is 9.76. The number of rotatable bonds is 11. The predicted octanol–water partition coefficient (Wildman–Crippen LogP) is 4.86. The van der Waals surface area contributed by atoms with Crippen molar-refractivity contribution in [3.05, 3.63) is 93.5 Å². The minimum atomic E-state index is -1.10. The summed E-state index contributed by atoms with van der Waals surface area (Å²) in [5.74, 6) is 1.49. The van der Waals surface area contributed by atoms with E-state index in [2.05, 4.69) is 0 Å². The molecule has 0 spiro atoms. The Hall–Kier alpha value is -5.17. The quantitative estimate of drug-likeness (QED) is 0.197. The third-order valence-corrected chi connectivity index (χ3v) is 9.26. The van der Waals surface area contributed by atoms with E-state index in [1.54, 1.807) is 54.6 Å². The van der Waals surface area contributed by atoms with Crippen LogP contribution < -0.4 is 37.9 Å². The number of ketones is 1. The summed E-state index contributed by atoms with van der Waals surface area (Å²) in [4.78, 5) is 15.0. The first-order chi connectivity index (χ1) is 24.2. The SMILES string of the molecule is COc1ccc([C@H]2Oc3c(c(OC)cc(CO)c3[C@@H]3C(=O)c4c(OC)cc(CO)cc4O[C@@H]3c3ccc(OC)c(OC)c3)C[C@@H]2O)cc1OC. The van der Waals surface area contributed by atoms with Crippen molar-refractivity contribution in [2.45, 2.75) is 43.9 Å². The van der Waals surface area contributed by atoms with Crippen LogP contribution in [-0.4, -0.2) is 69.9 Å². The van der Waals surface area contributed by atoms with Crippen molar-refractivity contribution in [3.63, 3.8) is 0 Å². The maximum Gasteiger partial charge on any atom is 0.182 e. The number of Topliss-reactive ketones (excluding diaryl/α,β-unsaturated/α-hetero) is 1. The number of carbonyl (C=O) groups is 1. The van der Waals surface area contributed by atoms with E-state index < -0.39 is 30.8 Å². The highest BCUT2D eigenvalue weighted by molar-refractivity contribution is 6.07. The predicted molar refractivity (Wildman–Crippen MR) is 180 cm³/mol. The Morgan fingerprint density at radius 2 is 1.24 bits per heavy atom. The number of aliphatic hydroxyl groups excluding tert-OH is 3. The lowest BCUT2D eigenvalue weighted by molar-refractivity contribution is 0.0178. The largest absolute Gasteiger partial charge is 0.496 e. The van der Waals surface area contributed by atoms with Crippen molar-refractivity contribution in [2.24, 2.45) is 0 Å². The van der Waals surface area contributed by atoms with Crippen LogP contribution in [0.4, 0.5) is 0 Å². The molecule has 2 heterocycles. The minimum absolute atomic E-state index is 0.110. The number of ether oxygens (including phenoxy) is 8. The van der Waals surface area contributed by atoms with E-state index in [0.717, 1.165) is 0 Å². The van der Waals surface area contributed by atoms with Gasteiger partial charge in [-0.05, 0) is 64.7 Å². The van der Waals surface area contributed by atoms with Gasteiger partial charge < -0.3 is 53.2 Å². The summed E-state index contributed by atoms with van der Waals surface area (Å²) in [6, 6.07) is 15.3. The van der Waals surface area contributed by atoms with Gasteiger partial charge in [-0.25, -0.2) is 0 Å². The van der Waals surface area contributed by atoms with E-state index in [1.807, 2.05) is 0 Å². The zero-order valence-corrected chi connectivity index (χ0v) is 28.6. The third-order valence-electron chi connectivity index (χ3n) is 9.26. The second kappa shape index (κ2) is 14.4. The number of aliphatic hydroxyl groups is 3. The van der Waals surface area contributed by atoms with E-state index in [9.17, 15) is 15.3 Å². The van der Waals surface area contributed by atoms with E-state index in [4.69, 9.17) is 37.9 Å². The van der Waals surface area contributed by atoms with Gasteiger partial charge in [-0.3, -0.25) is 4.79 Å². The Bertz CT molecular complexity index is 1900. The zero-order chi connectivity index (χ0) is 35.7. The van der Waals surface area contributed by atoms with Gasteiger partial charge in [0.1, 0.15) is 40.8 Å². The second-order valence-corrected chi connectivity index (χ2v) is 11.9.